The van der Waals surface area contributed by atoms with Crippen LogP contribution < -0.4 is 10.2 Å². The second-order valence-corrected chi connectivity index (χ2v) is 7.65. The summed E-state index contributed by atoms with van der Waals surface area (Å²) in [4.78, 5) is 29.0. The molecule has 0 unspecified atom stereocenters. The van der Waals surface area contributed by atoms with Gasteiger partial charge in [-0.3, -0.25) is 9.59 Å². The molecule has 0 radical (unpaired) electrons. The van der Waals surface area contributed by atoms with Crippen LogP contribution in [0.2, 0.25) is 0 Å². The first kappa shape index (κ1) is 18.5. The molecule has 2 heterocycles. The lowest BCUT2D eigenvalue weighted by molar-refractivity contribution is -0.135. The number of anilines is 2. The van der Waals surface area contributed by atoms with Gasteiger partial charge >= 0.3 is 0 Å². The molecule has 5 heteroatoms. The molecule has 2 aliphatic rings. The van der Waals surface area contributed by atoms with Crippen LogP contribution in [0.1, 0.15) is 36.8 Å². The maximum absolute atomic E-state index is 12.5. The highest BCUT2D eigenvalue weighted by molar-refractivity contribution is 6.03. The summed E-state index contributed by atoms with van der Waals surface area (Å²) in [5.74, 6) is -0.369. The van der Waals surface area contributed by atoms with Crippen LogP contribution in [0.5, 0.6) is 0 Å². The number of carbonyl (C=O) groups excluding carboxylic acids is 2. The number of piperidine rings is 1. The number of rotatable bonds is 4. The SMILES string of the molecule is O=C(CC(=O)N1CCc2ccccc2C1)Nc1ccc(N2CCCCC2)cc1. The minimum absolute atomic E-state index is 0.114. The smallest absolute Gasteiger partial charge is 0.233 e. The summed E-state index contributed by atoms with van der Waals surface area (Å²) in [6.45, 7) is 3.46. The maximum atomic E-state index is 12.5. The third kappa shape index (κ3) is 4.35. The molecule has 0 saturated carbocycles. The van der Waals surface area contributed by atoms with Crippen molar-refractivity contribution < 1.29 is 9.59 Å². The Bertz CT molecular complexity index is 841. The van der Waals surface area contributed by atoms with Gasteiger partial charge in [-0.05, 0) is 61.1 Å². The van der Waals surface area contributed by atoms with Gasteiger partial charge in [-0.15, -0.1) is 0 Å². The van der Waals surface area contributed by atoms with Crippen LogP contribution in [0.4, 0.5) is 11.4 Å². The number of nitrogens with one attached hydrogen (secondary N) is 1. The zero-order chi connectivity index (χ0) is 19.3. The molecule has 1 N–H and O–H groups in total. The van der Waals surface area contributed by atoms with E-state index in [1.54, 1.807) is 4.90 Å². The van der Waals surface area contributed by atoms with Crippen molar-refractivity contribution in [1.82, 2.24) is 4.90 Å². The van der Waals surface area contributed by atoms with E-state index in [1.807, 2.05) is 36.4 Å². The fourth-order valence-electron chi connectivity index (χ4n) is 4.07. The molecule has 0 aliphatic carbocycles. The number of benzene rings is 2. The second-order valence-electron chi connectivity index (χ2n) is 7.65. The molecule has 146 valence electrons. The number of amides is 2. The van der Waals surface area contributed by atoms with Crippen LogP contribution in [0, 0.1) is 0 Å². The summed E-state index contributed by atoms with van der Waals surface area (Å²) in [7, 11) is 0. The monoisotopic (exact) mass is 377 g/mol. The van der Waals surface area contributed by atoms with Crippen molar-refractivity contribution in [3.05, 3.63) is 59.7 Å². The average molecular weight is 377 g/mol. The van der Waals surface area contributed by atoms with E-state index in [4.69, 9.17) is 0 Å². The first-order valence-corrected chi connectivity index (χ1v) is 10.2. The van der Waals surface area contributed by atoms with Crippen molar-refractivity contribution in [3.8, 4) is 0 Å². The van der Waals surface area contributed by atoms with Gasteiger partial charge in [0.05, 0.1) is 0 Å². The van der Waals surface area contributed by atoms with Crippen molar-refractivity contribution in [2.75, 3.05) is 29.9 Å². The Morgan fingerprint density at radius 3 is 2.32 bits per heavy atom. The molecule has 1 fully saturated rings. The largest absolute Gasteiger partial charge is 0.372 e. The number of fused-ring (bicyclic) bond motifs is 1. The standard InChI is InChI=1S/C23H27N3O2/c27-22(16-23(28)26-15-12-18-6-2-3-7-19(18)17-26)24-20-8-10-21(11-9-20)25-13-4-1-5-14-25/h2-3,6-11H,1,4-5,12-17H2,(H,24,27). The lowest BCUT2D eigenvalue weighted by Gasteiger charge is -2.29. The number of nitrogens with zero attached hydrogens (tertiary/aromatic N) is 2. The molecule has 0 bridgehead atoms. The summed E-state index contributed by atoms with van der Waals surface area (Å²) >= 11 is 0. The lowest BCUT2D eigenvalue weighted by atomic mass is 10.00. The molecule has 0 aromatic heterocycles. The van der Waals surface area contributed by atoms with Gasteiger partial charge in [0, 0.05) is 37.6 Å². The van der Waals surface area contributed by atoms with Crippen LogP contribution in [-0.2, 0) is 22.6 Å². The van der Waals surface area contributed by atoms with Crippen LogP contribution in [-0.4, -0.2) is 36.3 Å². The highest BCUT2D eigenvalue weighted by atomic mass is 16.2. The van der Waals surface area contributed by atoms with E-state index in [2.05, 4.69) is 22.3 Å². The van der Waals surface area contributed by atoms with Crippen LogP contribution in [0.25, 0.3) is 0 Å². The zero-order valence-electron chi connectivity index (χ0n) is 16.2. The Labute approximate surface area is 166 Å². The molecule has 5 nitrogen and oxygen atoms in total. The van der Waals surface area contributed by atoms with Crippen LogP contribution in [0.3, 0.4) is 0 Å². The molecule has 0 atom stereocenters. The quantitative estimate of drug-likeness (QED) is 0.829. The summed E-state index contributed by atoms with van der Waals surface area (Å²) < 4.78 is 0. The van der Waals surface area contributed by atoms with E-state index in [0.29, 0.717) is 13.1 Å². The summed E-state index contributed by atoms with van der Waals surface area (Å²) in [5.41, 5.74) is 4.41. The van der Waals surface area contributed by atoms with Crippen molar-refractivity contribution in [3.63, 3.8) is 0 Å². The van der Waals surface area contributed by atoms with E-state index < -0.39 is 0 Å². The number of carbonyl (C=O) groups is 2. The molecular formula is C23H27N3O2. The Kier molecular flexibility index (Phi) is 5.60. The molecule has 2 aromatic rings. The van der Waals surface area contributed by atoms with Crippen molar-refractivity contribution in [2.45, 2.75) is 38.6 Å². The predicted octanol–water partition coefficient (Wildman–Crippen LogP) is 3.59. The van der Waals surface area contributed by atoms with Gasteiger partial charge in [-0.1, -0.05) is 24.3 Å². The van der Waals surface area contributed by atoms with Crippen molar-refractivity contribution in [1.29, 1.82) is 0 Å². The number of hydrogen-bond donors (Lipinski definition) is 1. The first-order chi connectivity index (χ1) is 13.7. The van der Waals surface area contributed by atoms with E-state index in [1.165, 1.54) is 36.1 Å². The average Bonchev–Trinajstić information content (AvgIpc) is 2.74. The molecule has 2 amide bonds. The molecular weight excluding hydrogens is 350 g/mol. The predicted molar refractivity (Wildman–Crippen MR) is 111 cm³/mol. The van der Waals surface area contributed by atoms with Gasteiger partial charge < -0.3 is 15.1 Å². The maximum Gasteiger partial charge on any atom is 0.233 e. The summed E-state index contributed by atoms with van der Waals surface area (Å²) in [6.07, 6.45) is 4.52. The van der Waals surface area contributed by atoms with Gasteiger partial charge in [0.15, 0.2) is 0 Å². The molecule has 0 spiro atoms. The first-order valence-electron chi connectivity index (χ1n) is 10.2. The third-order valence-electron chi connectivity index (χ3n) is 5.67. The Morgan fingerprint density at radius 2 is 1.57 bits per heavy atom. The summed E-state index contributed by atoms with van der Waals surface area (Å²) in [6, 6.07) is 16.1. The van der Waals surface area contributed by atoms with E-state index in [0.717, 1.165) is 25.2 Å². The van der Waals surface area contributed by atoms with Gasteiger partial charge in [-0.2, -0.15) is 0 Å². The Morgan fingerprint density at radius 1 is 0.857 bits per heavy atom. The Balaban J connectivity index is 1.30. The highest BCUT2D eigenvalue weighted by Crippen LogP contribution is 2.22. The minimum Gasteiger partial charge on any atom is -0.372 e. The Hall–Kier alpha value is -2.82. The highest BCUT2D eigenvalue weighted by Gasteiger charge is 2.22. The van der Waals surface area contributed by atoms with Gasteiger partial charge in [-0.25, -0.2) is 0 Å². The lowest BCUT2D eigenvalue weighted by Crippen LogP contribution is -2.37. The molecule has 2 aromatic carbocycles. The fraction of sp³-hybridized carbons (Fsp3) is 0.391. The van der Waals surface area contributed by atoms with Crippen molar-refractivity contribution >= 4 is 23.2 Å². The molecule has 1 saturated heterocycles. The van der Waals surface area contributed by atoms with Gasteiger partial charge in [0.2, 0.25) is 11.8 Å². The molecule has 28 heavy (non-hydrogen) atoms. The summed E-state index contributed by atoms with van der Waals surface area (Å²) in [5, 5.41) is 2.86. The van der Waals surface area contributed by atoms with Crippen LogP contribution in [0.15, 0.2) is 48.5 Å². The van der Waals surface area contributed by atoms with Gasteiger partial charge in [0.25, 0.3) is 0 Å². The second kappa shape index (κ2) is 8.46. The fourth-order valence-corrected chi connectivity index (χ4v) is 4.07. The van der Waals surface area contributed by atoms with E-state index in [-0.39, 0.29) is 18.2 Å². The van der Waals surface area contributed by atoms with Crippen molar-refractivity contribution in [2.24, 2.45) is 0 Å². The normalized spacial score (nSPS) is 16.4. The number of hydrogen-bond acceptors (Lipinski definition) is 3. The van der Waals surface area contributed by atoms with E-state index >= 15 is 0 Å². The van der Waals surface area contributed by atoms with E-state index in [9.17, 15) is 9.59 Å². The minimum atomic E-state index is -0.255. The molecule has 4 rings (SSSR count). The molecule has 2 aliphatic heterocycles. The topological polar surface area (TPSA) is 52.7 Å². The van der Waals surface area contributed by atoms with Crippen LogP contribution >= 0.6 is 0 Å². The van der Waals surface area contributed by atoms with Gasteiger partial charge in [0.1, 0.15) is 6.42 Å². The third-order valence-corrected chi connectivity index (χ3v) is 5.67. The zero-order valence-corrected chi connectivity index (χ0v) is 16.2.